The van der Waals surface area contributed by atoms with E-state index in [1.54, 1.807) is 27.7 Å². The Morgan fingerprint density at radius 1 is 1.06 bits per heavy atom. The number of aliphatic hydroxyl groups excluding tert-OH is 3. The second-order valence-electron chi connectivity index (χ2n) is 16.3. The third kappa shape index (κ3) is 7.93. The van der Waals surface area contributed by atoms with Crippen molar-refractivity contribution >= 4 is 5.97 Å². The normalized spacial score (nSPS) is 46.5. The van der Waals surface area contributed by atoms with Gasteiger partial charge in [-0.25, -0.2) is 0 Å². The number of likely N-dealkylation sites (N-methyl/N-ethyl adjacent to an activating group) is 1. The maximum atomic E-state index is 14.3. The van der Waals surface area contributed by atoms with E-state index in [0.717, 1.165) is 5.57 Å². The van der Waals surface area contributed by atoms with Crippen LogP contribution in [0.25, 0.3) is 0 Å². The van der Waals surface area contributed by atoms with Gasteiger partial charge in [0.2, 0.25) is 0 Å². The second-order valence-corrected chi connectivity index (χ2v) is 16.3. The molecule has 4 N–H and O–H groups in total. The summed E-state index contributed by atoms with van der Waals surface area (Å²) in [4.78, 5) is 16.2. The monoisotopic (exact) mass is 715 g/mol. The lowest BCUT2D eigenvalue weighted by Gasteiger charge is -2.48. The van der Waals surface area contributed by atoms with Crippen LogP contribution in [0.5, 0.6) is 0 Å². The number of aliphatic hydroxyl groups is 4. The highest BCUT2D eigenvalue weighted by Gasteiger charge is 2.57. The molecule has 2 bridgehead atoms. The Hall–Kier alpha value is -1.39. The molecule has 0 aromatic rings. The van der Waals surface area contributed by atoms with E-state index in [0.29, 0.717) is 18.6 Å². The van der Waals surface area contributed by atoms with E-state index in [9.17, 15) is 25.2 Å². The summed E-state index contributed by atoms with van der Waals surface area (Å²) in [6.07, 6.45) is -7.24. The van der Waals surface area contributed by atoms with Crippen molar-refractivity contribution in [1.29, 1.82) is 0 Å². The van der Waals surface area contributed by atoms with Crippen LogP contribution in [0.1, 0.15) is 94.9 Å². The summed E-state index contributed by atoms with van der Waals surface area (Å²) < 4.78 is 44.8. The zero-order valence-electron chi connectivity index (χ0n) is 32.4. The first kappa shape index (κ1) is 41.4. The standard InChI is InChI=1S/C37H65NO12/c1-14-25(39)37(10,43)32-20(4)28-18(2)16-36(9,50-28)31(49-34-27(40)24(38(11)12)15-19(3)45-34)21(5)29(22(6)33(42)48-32)47-26-17-35(8,44-13)30(41)23(7)46-26/h19-27,29-32,34,39-41,43H,14-17H2,1-13H3/t19-,20+,21+,22-,23+,24+,25-,26+,27-,29+,30+,31-,32-,34+,35-,36-,37-/m1/s1. The van der Waals surface area contributed by atoms with E-state index in [1.807, 2.05) is 53.6 Å². The molecule has 4 aliphatic heterocycles. The van der Waals surface area contributed by atoms with E-state index in [1.165, 1.54) is 14.0 Å². The molecule has 4 rings (SSSR count). The molecule has 0 aliphatic carbocycles. The van der Waals surface area contributed by atoms with Crippen molar-refractivity contribution in [3.63, 3.8) is 0 Å². The lowest BCUT2D eigenvalue weighted by Crippen LogP contribution is -2.60. The first-order valence-electron chi connectivity index (χ1n) is 18.3. The highest BCUT2D eigenvalue weighted by molar-refractivity contribution is 5.73. The van der Waals surface area contributed by atoms with Crippen molar-refractivity contribution in [2.24, 2.45) is 17.8 Å². The summed E-state index contributed by atoms with van der Waals surface area (Å²) in [5.41, 5.74) is -2.95. The Balaban J connectivity index is 1.83. The van der Waals surface area contributed by atoms with Crippen LogP contribution in [0.3, 0.4) is 0 Å². The van der Waals surface area contributed by atoms with Gasteiger partial charge in [0.1, 0.15) is 41.4 Å². The number of fused-ring (bicyclic) bond motifs is 2. The number of methoxy groups -OCH3 is 1. The van der Waals surface area contributed by atoms with Gasteiger partial charge < -0.3 is 58.5 Å². The molecule has 3 saturated heterocycles. The Labute approximate surface area is 298 Å². The van der Waals surface area contributed by atoms with Crippen molar-refractivity contribution in [2.75, 3.05) is 21.2 Å². The van der Waals surface area contributed by atoms with Gasteiger partial charge in [-0.15, -0.1) is 0 Å². The molecule has 50 heavy (non-hydrogen) atoms. The Morgan fingerprint density at radius 2 is 1.70 bits per heavy atom. The molecule has 4 aliphatic rings. The van der Waals surface area contributed by atoms with Crippen LogP contribution in [0, 0.1) is 17.8 Å². The van der Waals surface area contributed by atoms with Crippen molar-refractivity contribution in [3.8, 4) is 0 Å². The Bertz CT molecular complexity index is 1210. The van der Waals surface area contributed by atoms with Gasteiger partial charge in [0.05, 0.1) is 41.9 Å². The predicted octanol–water partition coefficient (Wildman–Crippen LogP) is 2.89. The summed E-state index contributed by atoms with van der Waals surface area (Å²) in [7, 11) is 5.35. The van der Waals surface area contributed by atoms with Gasteiger partial charge in [0.25, 0.3) is 0 Å². The molecule has 13 heteroatoms. The molecule has 0 unspecified atom stereocenters. The number of hydrogen-bond donors (Lipinski definition) is 4. The topological polar surface area (TPSA) is 166 Å². The number of cyclic esters (lactones) is 1. The van der Waals surface area contributed by atoms with E-state index in [-0.39, 0.29) is 25.0 Å². The minimum absolute atomic E-state index is 0.174. The van der Waals surface area contributed by atoms with Gasteiger partial charge in [0, 0.05) is 31.9 Å². The Kier molecular flexibility index (Phi) is 12.8. The SMILES string of the molecule is CC[C@@H](O)[C@@](C)(O)[C@@H]1OC(=O)[C@H](C)[C@@H](O[C@H]2C[C@@](C)(OC)[C@@H](O)[C@H](C)O2)[C@H](C)[C@@H](O[C@@H]2O[C@H](C)C[C@H](N(C)C)[C@H]2O)[C@@]2(C)CC(C)=C(O2)[C@@H]1C. The fourth-order valence-electron chi connectivity index (χ4n) is 8.73. The third-order valence-corrected chi connectivity index (χ3v) is 11.9. The van der Waals surface area contributed by atoms with Crippen molar-refractivity contribution in [3.05, 3.63) is 11.3 Å². The van der Waals surface area contributed by atoms with Gasteiger partial charge in [-0.2, -0.15) is 0 Å². The molecule has 3 fully saturated rings. The lowest BCUT2D eigenvalue weighted by atomic mass is 9.78. The third-order valence-electron chi connectivity index (χ3n) is 11.9. The highest BCUT2D eigenvalue weighted by Crippen LogP contribution is 2.48. The first-order chi connectivity index (χ1) is 23.1. The van der Waals surface area contributed by atoms with E-state index >= 15 is 0 Å². The van der Waals surface area contributed by atoms with Crippen molar-refractivity contribution in [1.82, 2.24) is 4.90 Å². The molecular weight excluding hydrogens is 650 g/mol. The van der Waals surface area contributed by atoms with Crippen LogP contribution in [0.4, 0.5) is 0 Å². The van der Waals surface area contributed by atoms with Gasteiger partial charge in [-0.1, -0.05) is 20.8 Å². The molecule has 0 saturated carbocycles. The summed E-state index contributed by atoms with van der Waals surface area (Å²) in [5, 5.41) is 45.2. The zero-order valence-corrected chi connectivity index (χ0v) is 32.4. The van der Waals surface area contributed by atoms with Crippen molar-refractivity contribution in [2.45, 2.75) is 179 Å². The number of esters is 1. The Morgan fingerprint density at radius 3 is 2.28 bits per heavy atom. The summed E-state index contributed by atoms with van der Waals surface area (Å²) in [6, 6.07) is -0.223. The fraction of sp³-hybridized carbons (Fsp3) is 0.919. The molecule has 4 heterocycles. The fourth-order valence-corrected chi connectivity index (χ4v) is 8.73. The average molecular weight is 716 g/mol. The molecule has 0 aromatic heterocycles. The molecule has 0 amide bonds. The number of nitrogens with zero attached hydrogens (tertiary/aromatic N) is 1. The maximum Gasteiger partial charge on any atom is 0.311 e. The van der Waals surface area contributed by atoms with Crippen LogP contribution in [0.15, 0.2) is 11.3 Å². The van der Waals surface area contributed by atoms with E-state index in [4.69, 9.17) is 33.2 Å². The minimum Gasteiger partial charge on any atom is -0.488 e. The largest absolute Gasteiger partial charge is 0.488 e. The number of carbonyl (C=O) groups excluding carboxylic acids is 1. The number of rotatable bonds is 9. The summed E-state index contributed by atoms with van der Waals surface area (Å²) >= 11 is 0. The molecule has 0 aromatic carbocycles. The molecular formula is C37H65NO12. The van der Waals surface area contributed by atoms with E-state index in [2.05, 4.69) is 0 Å². The van der Waals surface area contributed by atoms with Crippen LogP contribution in [-0.4, -0.2) is 137 Å². The van der Waals surface area contributed by atoms with Gasteiger partial charge >= 0.3 is 5.97 Å². The van der Waals surface area contributed by atoms with Crippen LogP contribution < -0.4 is 0 Å². The molecule has 17 atom stereocenters. The lowest BCUT2D eigenvalue weighted by molar-refractivity contribution is -0.316. The van der Waals surface area contributed by atoms with Crippen LogP contribution in [-0.2, 0) is 38.0 Å². The summed E-state index contributed by atoms with van der Waals surface area (Å²) in [6.45, 7) is 18.0. The van der Waals surface area contributed by atoms with Crippen molar-refractivity contribution < 1.29 is 58.4 Å². The minimum atomic E-state index is -1.82. The summed E-state index contributed by atoms with van der Waals surface area (Å²) in [5.74, 6) is -2.26. The maximum absolute atomic E-state index is 14.3. The number of ether oxygens (including phenoxy) is 7. The van der Waals surface area contributed by atoms with E-state index < -0.39 is 95.8 Å². The second kappa shape index (κ2) is 15.5. The quantitative estimate of drug-likeness (QED) is 0.258. The van der Waals surface area contributed by atoms with Crippen LogP contribution >= 0.6 is 0 Å². The average Bonchev–Trinajstić information content (AvgIpc) is 3.36. The van der Waals surface area contributed by atoms with Gasteiger partial charge in [0.15, 0.2) is 12.6 Å². The molecule has 0 radical (unpaired) electrons. The smallest absolute Gasteiger partial charge is 0.311 e. The van der Waals surface area contributed by atoms with Crippen LogP contribution in [0.2, 0.25) is 0 Å². The molecule has 290 valence electrons. The van der Waals surface area contributed by atoms with Gasteiger partial charge in [-0.05, 0) is 81.0 Å². The predicted molar refractivity (Wildman–Crippen MR) is 184 cm³/mol. The number of carbonyl (C=O) groups is 1. The first-order valence-corrected chi connectivity index (χ1v) is 18.3. The number of hydrogen-bond acceptors (Lipinski definition) is 13. The zero-order chi connectivity index (χ0) is 37.7. The highest BCUT2D eigenvalue weighted by atomic mass is 16.7. The van der Waals surface area contributed by atoms with Gasteiger partial charge in [-0.3, -0.25) is 4.79 Å². The molecule has 0 spiro atoms. The molecule has 13 nitrogen and oxygen atoms in total.